The Morgan fingerprint density at radius 3 is 2.21 bits per heavy atom. The van der Waals surface area contributed by atoms with Crippen LogP contribution in [0.3, 0.4) is 0 Å². The van der Waals surface area contributed by atoms with Gasteiger partial charge in [0.25, 0.3) is 11.8 Å². The van der Waals surface area contributed by atoms with Gasteiger partial charge in [0.15, 0.2) is 23.0 Å². The van der Waals surface area contributed by atoms with Crippen molar-refractivity contribution in [3.05, 3.63) is 113 Å². The van der Waals surface area contributed by atoms with Crippen molar-refractivity contribution in [1.29, 1.82) is 0 Å². The average Bonchev–Trinajstić information content (AvgIpc) is 4.33. The molecule has 23 nitrogen and oxygen atoms in total. The third-order valence-electron chi connectivity index (χ3n) is 15.9. The molecule has 0 radical (unpaired) electrons. The number of esters is 1. The van der Waals surface area contributed by atoms with Gasteiger partial charge in [-0.05, 0) is 123 Å². The van der Waals surface area contributed by atoms with Crippen LogP contribution in [0.1, 0.15) is 126 Å². The van der Waals surface area contributed by atoms with E-state index in [1.165, 1.54) is 18.2 Å². The molecule has 452 valence electrons. The summed E-state index contributed by atoms with van der Waals surface area (Å²) in [7, 11) is 7.83. The number of aromatic nitrogens is 3. The topological polar surface area (TPSA) is 264 Å². The quantitative estimate of drug-likeness (QED) is 0.0306. The van der Waals surface area contributed by atoms with Crippen molar-refractivity contribution in [2.45, 2.75) is 114 Å². The number of carbonyl (C=O) groups excluding carboxylic acids is 7. The Kier molecular flexibility index (Phi) is 20.7. The van der Waals surface area contributed by atoms with Gasteiger partial charge in [0.1, 0.15) is 42.8 Å². The summed E-state index contributed by atoms with van der Waals surface area (Å²) in [6.45, 7) is 0.963. The van der Waals surface area contributed by atoms with Crippen molar-refractivity contribution in [3.8, 4) is 34.5 Å². The Labute approximate surface area is 492 Å². The van der Waals surface area contributed by atoms with Crippen LogP contribution in [0.15, 0.2) is 79.0 Å². The molecule has 1 aliphatic carbocycles. The number of nitrogens with zero attached hydrogens (tertiary/aromatic N) is 5. The molecule has 9 rings (SSSR count). The number of aryl methyl sites for hydroxylation is 1. The van der Waals surface area contributed by atoms with Crippen LogP contribution in [-0.2, 0) is 57.8 Å². The van der Waals surface area contributed by atoms with Gasteiger partial charge in [0, 0.05) is 13.0 Å². The molecule has 4 aliphatic rings. The highest BCUT2D eigenvalue weighted by molar-refractivity contribution is 6.26. The van der Waals surface area contributed by atoms with E-state index in [0.717, 1.165) is 61.0 Å². The zero-order chi connectivity index (χ0) is 60.0. The summed E-state index contributed by atoms with van der Waals surface area (Å²) >= 11 is 0. The van der Waals surface area contributed by atoms with Crippen LogP contribution >= 0.6 is 0 Å². The summed E-state index contributed by atoms with van der Waals surface area (Å²) in [6.07, 6.45) is 8.76. The fraction of sp³-hybridized carbons (Fsp3) is 0.468. The molecular formula is C62H73N7O16. The number of rotatable bonds is 27. The number of fused-ring (bicyclic) bond motifs is 1. The molecule has 4 heterocycles. The Hall–Kier alpha value is -8.57. The maximum absolute atomic E-state index is 15.2. The summed E-state index contributed by atoms with van der Waals surface area (Å²) in [5, 5.41) is 13.3. The maximum Gasteiger partial charge on any atom is 0.329 e. The van der Waals surface area contributed by atoms with E-state index < -0.39 is 59.6 Å². The van der Waals surface area contributed by atoms with E-state index in [2.05, 4.69) is 20.9 Å². The van der Waals surface area contributed by atoms with E-state index in [9.17, 15) is 28.8 Å². The van der Waals surface area contributed by atoms with E-state index in [-0.39, 0.29) is 74.5 Å². The second-order valence-electron chi connectivity index (χ2n) is 21.3. The number of amides is 6. The van der Waals surface area contributed by atoms with Crippen LogP contribution in [0.4, 0.5) is 5.69 Å². The standard InChI is InChI=1S/C62H73N7O16/c1-77-49-24-21-38(31-50(49)78-2)20-23-48(85-62(76)47-19-9-10-26-68(47)60(74)55(39-13-7-6-8-14-39)41-33-51(79-3)57(81-5)52(34-41)80-4)40-15-11-16-43(32-40)84-36-42-35-67(66-65-42)27-28-82-29-30-83-37-54(71)63-45-18-12-17-44-56(45)61(75)69(59(44)73)46-22-25-53(70)64-58(46)72/h11-12,15-18,21,24,31-35,39,46-48,55H,6-10,13-14,19-20,22-23,25-30,36-37H2,1-5H3,(H,63,71)(H,64,70,72)/t46?,47-,48+,55-/m0/s1. The van der Waals surface area contributed by atoms with Gasteiger partial charge in [-0.3, -0.25) is 39.0 Å². The normalized spacial score (nSPS) is 17.8. The first-order valence-electron chi connectivity index (χ1n) is 28.8. The van der Waals surface area contributed by atoms with E-state index in [4.69, 9.17) is 42.6 Å². The Morgan fingerprint density at radius 2 is 1.47 bits per heavy atom. The van der Waals surface area contributed by atoms with Crippen molar-refractivity contribution in [3.63, 3.8) is 0 Å². The smallest absolute Gasteiger partial charge is 0.329 e. The third-order valence-corrected chi connectivity index (χ3v) is 15.9. The van der Waals surface area contributed by atoms with Gasteiger partial charge >= 0.3 is 5.97 Å². The molecule has 0 spiro atoms. The number of hydrogen-bond acceptors (Lipinski definition) is 18. The highest BCUT2D eigenvalue weighted by Gasteiger charge is 2.46. The first kappa shape index (κ1) is 61.0. The van der Waals surface area contributed by atoms with Crippen LogP contribution in [0.5, 0.6) is 34.5 Å². The molecule has 1 unspecified atom stereocenters. The largest absolute Gasteiger partial charge is 0.493 e. The number of nitrogens with one attached hydrogen (secondary N) is 2. The molecule has 5 aromatic rings. The van der Waals surface area contributed by atoms with Crippen molar-refractivity contribution in [2.24, 2.45) is 5.92 Å². The van der Waals surface area contributed by atoms with E-state index in [1.807, 2.05) is 54.6 Å². The number of imide groups is 2. The lowest BCUT2D eigenvalue weighted by atomic mass is 9.75. The van der Waals surface area contributed by atoms with Crippen LogP contribution in [0.25, 0.3) is 0 Å². The second-order valence-corrected chi connectivity index (χ2v) is 21.3. The van der Waals surface area contributed by atoms with Crippen LogP contribution < -0.4 is 39.1 Å². The number of anilines is 1. The van der Waals surface area contributed by atoms with E-state index >= 15 is 4.79 Å². The van der Waals surface area contributed by atoms with Crippen molar-refractivity contribution in [1.82, 2.24) is 30.1 Å². The zero-order valence-electron chi connectivity index (χ0n) is 48.6. The summed E-state index contributed by atoms with van der Waals surface area (Å²) in [6, 6.07) is 19.3. The summed E-state index contributed by atoms with van der Waals surface area (Å²) < 4.78 is 53.9. The fourth-order valence-corrected chi connectivity index (χ4v) is 11.7. The number of ether oxygens (including phenoxy) is 9. The van der Waals surface area contributed by atoms with Gasteiger partial charge in [-0.2, -0.15) is 0 Å². The first-order chi connectivity index (χ1) is 41.3. The molecular weight excluding hydrogens is 1100 g/mol. The molecule has 2 saturated heterocycles. The van der Waals surface area contributed by atoms with E-state index in [1.54, 1.807) is 51.3 Å². The van der Waals surface area contributed by atoms with Crippen LogP contribution in [0, 0.1) is 5.92 Å². The molecule has 4 aromatic carbocycles. The molecule has 3 fully saturated rings. The second kappa shape index (κ2) is 28.8. The zero-order valence-corrected chi connectivity index (χ0v) is 48.6. The molecule has 2 N–H and O–H groups in total. The minimum Gasteiger partial charge on any atom is -0.493 e. The van der Waals surface area contributed by atoms with Gasteiger partial charge in [0.05, 0.1) is 90.8 Å². The number of carbonyl (C=O) groups is 7. The first-order valence-corrected chi connectivity index (χ1v) is 28.8. The monoisotopic (exact) mass is 1170 g/mol. The minimum absolute atomic E-state index is 0.00689. The number of piperidine rings is 2. The summed E-state index contributed by atoms with van der Waals surface area (Å²) in [5.74, 6) is -1.25. The summed E-state index contributed by atoms with van der Waals surface area (Å²) in [4.78, 5) is 96.2. The molecule has 1 aromatic heterocycles. The fourth-order valence-electron chi connectivity index (χ4n) is 11.7. The van der Waals surface area contributed by atoms with Crippen LogP contribution in [0.2, 0.25) is 0 Å². The summed E-state index contributed by atoms with van der Waals surface area (Å²) in [5.41, 5.74) is 3.05. The lowest BCUT2D eigenvalue weighted by Crippen LogP contribution is -2.54. The van der Waals surface area contributed by atoms with Gasteiger partial charge in [-0.15, -0.1) is 5.10 Å². The van der Waals surface area contributed by atoms with Crippen molar-refractivity contribution < 1.29 is 76.2 Å². The number of likely N-dealkylation sites (tertiary alicyclic amines) is 1. The lowest BCUT2D eigenvalue weighted by molar-refractivity contribution is -0.163. The number of benzene rings is 4. The Balaban J connectivity index is 0.795. The minimum atomic E-state index is -1.14. The molecule has 23 heteroatoms. The average molecular weight is 1170 g/mol. The van der Waals surface area contributed by atoms with Crippen LogP contribution in [-0.4, -0.2) is 147 Å². The van der Waals surface area contributed by atoms with Gasteiger partial charge in [-0.1, -0.05) is 48.7 Å². The molecule has 85 heavy (non-hydrogen) atoms. The van der Waals surface area contributed by atoms with Gasteiger partial charge < -0.3 is 52.8 Å². The molecule has 1 saturated carbocycles. The lowest BCUT2D eigenvalue weighted by Gasteiger charge is -2.40. The Bertz CT molecular complexity index is 3210. The van der Waals surface area contributed by atoms with Crippen molar-refractivity contribution in [2.75, 3.05) is 73.8 Å². The maximum atomic E-state index is 15.2. The number of hydrogen-bond donors (Lipinski definition) is 2. The third kappa shape index (κ3) is 14.5. The highest BCUT2D eigenvalue weighted by atomic mass is 16.6. The molecule has 0 bridgehead atoms. The highest BCUT2D eigenvalue weighted by Crippen LogP contribution is 2.45. The Morgan fingerprint density at radius 1 is 0.729 bits per heavy atom. The van der Waals surface area contributed by atoms with Gasteiger partial charge in [0.2, 0.25) is 29.4 Å². The molecule has 6 amide bonds. The molecule has 4 atom stereocenters. The SMILES string of the molecule is COc1ccc(CC[C@@H](OC(=O)[C@@H]2CCCCN2C(=O)[C@H](c2cc(OC)c(OC)c(OC)c2)C2CCCCC2)c2cccc(OCc3cn(CCOCCOCC(=O)Nc4cccc5c4C(=O)N(C4CCC(=O)NC4=O)C5=O)nn3)c2)cc1OC. The predicted molar refractivity (Wildman–Crippen MR) is 306 cm³/mol. The predicted octanol–water partition coefficient (Wildman–Crippen LogP) is 6.94. The molecule has 3 aliphatic heterocycles. The number of methoxy groups -OCH3 is 5. The van der Waals surface area contributed by atoms with Gasteiger partial charge in [-0.25, -0.2) is 9.48 Å². The van der Waals surface area contributed by atoms with E-state index in [0.29, 0.717) is 78.1 Å². The van der Waals surface area contributed by atoms with Crippen molar-refractivity contribution >= 4 is 47.1 Å².